The lowest BCUT2D eigenvalue weighted by molar-refractivity contribution is 0.0722. The minimum Gasteiger partial charge on any atom is -0.497 e. The van der Waals surface area contributed by atoms with E-state index in [1.54, 1.807) is 13.2 Å². The Balaban J connectivity index is 2.25. The second kappa shape index (κ2) is 4.68. The SMILES string of the molecule is C=CCO[C@H]1CC(N)c2cc(OC)ccc21. The van der Waals surface area contributed by atoms with Crippen LogP contribution in [-0.4, -0.2) is 13.7 Å². The van der Waals surface area contributed by atoms with Crippen molar-refractivity contribution in [2.45, 2.75) is 18.6 Å². The van der Waals surface area contributed by atoms with Gasteiger partial charge < -0.3 is 15.2 Å². The Morgan fingerprint density at radius 3 is 3.00 bits per heavy atom. The van der Waals surface area contributed by atoms with Crippen molar-refractivity contribution in [1.29, 1.82) is 0 Å². The van der Waals surface area contributed by atoms with Crippen LogP contribution in [0.2, 0.25) is 0 Å². The first-order valence-electron chi connectivity index (χ1n) is 5.42. The maximum absolute atomic E-state index is 6.07. The van der Waals surface area contributed by atoms with Gasteiger partial charge in [0, 0.05) is 6.04 Å². The van der Waals surface area contributed by atoms with Crippen molar-refractivity contribution in [1.82, 2.24) is 0 Å². The van der Waals surface area contributed by atoms with Crippen molar-refractivity contribution in [2.75, 3.05) is 13.7 Å². The molecule has 2 rings (SSSR count). The first-order valence-corrected chi connectivity index (χ1v) is 5.42. The molecular weight excluding hydrogens is 202 g/mol. The summed E-state index contributed by atoms with van der Waals surface area (Å²) >= 11 is 0. The second-order valence-electron chi connectivity index (χ2n) is 3.95. The highest BCUT2D eigenvalue weighted by Crippen LogP contribution is 2.41. The summed E-state index contributed by atoms with van der Waals surface area (Å²) in [6.45, 7) is 4.21. The first-order chi connectivity index (χ1) is 7.76. The normalized spacial score (nSPS) is 22.9. The summed E-state index contributed by atoms with van der Waals surface area (Å²) in [6.07, 6.45) is 2.68. The molecule has 1 unspecified atom stereocenters. The number of hydrogen-bond donors (Lipinski definition) is 1. The maximum Gasteiger partial charge on any atom is 0.119 e. The minimum atomic E-state index is 0.0416. The molecule has 0 amide bonds. The van der Waals surface area contributed by atoms with Gasteiger partial charge in [-0.3, -0.25) is 0 Å². The van der Waals surface area contributed by atoms with Crippen LogP contribution in [0.15, 0.2) is 30.9 Å². The van der Waals surface area contributed by atoms with Crippen molar-refractivity contribution in [3.63, 3.8) is 0 Å². The van der Waals surface area contributed by atoms with Crippen LogP contribution in [0.1, 0.15) is 29.7 Å². The highest BCUT2D eigenvalue weighted by Gasteiger charge is 2.29. The molecule has 0 fully saturated rings. The van der Waals surface area contributed by atoms with Gasteiger partial charge in [0.15, 0.2) is 0 Å². The molecule has 0 radical (unpaired) electrons. The largest absolute Gasteiger partial charge is 0.497 e. The van der Waals surface area contributed by atoms with Crippen LogP contribution in [0.4, 0.5) is 0 Å². The van der Waals surface area contributed by atoms with Crippen molar-refractivity contribution in [3.8, 4) is 5.75 Å². The first kappa shape index (κ1) is 11.2. The molecular formula is C13H17NO2. The lowest BCUT2D eigenvalue weighted by atomic mass is 10.1. The number of fused-ring (bicyclic) bond motifs is 1. The molecule has 1 aromatic rings. The lowest BCUT2D eigenvalue weighted by Crippen LogP contribution is -2.06. The van der Waals surface area contributed by atoms with Gasteiger partial charge in [-0.05, 0) is 29.7 Å². The second-order valence-corrected chi connectivity index (χ2v) is 3.95. The molecule has 1 aliphatic carbocycles. The summed E-state index contributed by atoms with van der Waals surface area (Å²) in [7, 11) is 1.66. The third kappa shape index (κ3) is 1.96. The van der Waals surface area contributed by atoms with Gasteiger partial charge in [-0.1, -0.05) is 12.1 Å². The fourth-order valence-electron chi connectivity index (χ4n) is 2.12. The van der Waals surface area contributed by atoms with Crippen LogP contribution in [0.25, 0.3) is 0 Å². The highest BCUT2D eigenvalue weighted by atomic mass is 16.5. The molecule has 1 aliphatic rings. The number of methoxy groups -OCH3 is 1. The lowest BCUT2D eigenvalue weighted by Gasteiger charge is -2.11. The summed E-state index contributed by atoms with van der Waals surface area (Å²) in [4.78, 5) is 0. The molecule has 0 saturated heterocycles. The number of rotatable bonds is 4. The Bertz CT molecular complexity index is 390. The molecule has 0 aromatic heterocycles. The molecule has 0 heterocycles. The fourth-order valence-corrected chi connectivity index (χ4v) is 2.12. The predicted octanol–water partition coefficient (Wildman–Crippen LogP) is 2.34. The Morgan fingerprint density at radius 1 is 1.50 bits per heavy atom. The standard InChI is InChI=1S/C13H17NO2/c1-3-6-16-13-8-12(14)11-7-9(15-2)4-5-10(11)13/h3-5,7,12-13H,1,6,8,14H2,2H3/t12?,13-/m0/s1. The van der Waals surface area contributed by atoms with Crippen LogP contribution in [0.3, 0.4) is 0 Å². The van der Waals surface area contributed by atoms with E-state index in [0.29, 0.717) is 6.61 Å². The average Bonchev–Trinajstić information content (AvgIpc) is 2.63. The Kier molecular flexibility index (Phi) is 3.27. The van der Waals surface area contributed by atoms with E-state index in [9.17, 15) is 0 Å². The fraction of sp³-hybridized carbons (Fsp3) is 0.385. The molecule has 2 atom stereocenters. The molecule has 0 bridgehead atoms. The van der Waals surface area contributed by atoms with Gasteiger partial charge in [-0.25, -0.2) is 0 Å². The van der Waals surface area contributed by atoms with Crippen LogP contribution < -0.4 is 10.5 Å². The molecule has 3 nitrogen and oxygen atoms in total. The van der Waals surface area contributed by atoms with Crippen LogP contribution >= 0.6 is 0 Å². The zero-order valence-corrected chi connectivity index (χ0v) is 9.48. The maximum atomic E-state index is 6.07. The summed E-state index contributed by atoms with van der Waals surface area (Å²) in [5.74, 6) is 0.846. The van der Waals surface area contributed by atoms with Gasteiger partial charge in [0.25, 0.3) is 0 Å². The molecule has 0 spiro atoms. The minimum absolute atomic E-state index is 0.0416. The predicted molar refractivity (Wildman–Crippen MR) is 63.4 cm³/mol. The number of benzene rings is 1. The third-order valence-electron chi connectivity index (χ3n) is 2.92. The van der Waals surface area contributed by atoms with Crippen molar-refractivity contribution in [3.05, 3.63) is 42.0 Å². The molecule has 86 valence electrons. The summed E-state index contributed by atoms with van der Waals surface area (Å²) in [5, 5.41) is 0. The summed E-state index contributed by atoms with van der Waals surface area (Å²) in [6, 6.07) is 6.02. The Labute approximate surface area is 95.9 Å². The van der Waals surface area contributed by atoms with E-state index < -0.39 is 0 Å². The zero-order chi connectivity index (χ0) is 11.5. The van der Waals surface area contributed by atoms with E-state index in [0.717, 1.165) is 17.7 Å². The van der Waals surface area contributed by atoms with Gasteiger partial charge in [0.1, 0.15) is 5.75 Å². The van der Waals surface area contributed by atoms with Crippen LogP contribution in [0, 0.1) is 0 Å². The van der Waals surface area contributed by atoms with E-state index in [1.165, 1.54) is 5.56 Å². The van der Waals surface area contributed by atoms with Gasteiger partial charge in [-0.15, -0.1) is 6.58 Å². The van der Waals surface area contributed by atoms with E-state index in [2.05, 4.69) is 6.58 Å². The highest BCUT2D eigenvalue weighted by molar-refractivity contribution is 5.42. The molecule has 1 aromatic carbocycles. The monoisotopic (exact) mass is 219 g/mol. The quantitative estimate of drug-likeness (QED) is 0.790. The topological polar surface area (TPSA) is 44.5 Å². The molecule has 16 heavy (non-hydrogen) atoms. The number of hydrogen-bond acceptors (Lipinski definition) is 3. The smallest absolute Gasteiger partial charge is 0.119 e. The van der Waals surface area contributed by atoms with Gasteiger partial charge in [0.05, 0.1) is 19.8 Å². The van der Waals surface area contributed by atoms with E-state index >= 15 is 0 Å². The molecule has 3 heteroatoms. The third-order valence-corrected chi connectivity index (χ3v) is 2.92. The zero-order valence-electron chi connectivity index (χ0n) is 9.48. The summed E-state index contributed by atoms with van der Waals surface area (Å²) < 4.78 is 10.9. The van der Waals surface area contributed by atoms with Gasteiger partial charge >= 0.3 is 0 Å². The van der Waals surface area contributed by atoms with Crippen LogP contribution in [-0.2, 0) is 4.74 Å². The van der Waals surface area contributed by atoms with Crippen molar-refractivity contribution in [2.24, 2.45) is 5.73 Å². The molecule has 2 N–H and O–H groups in total. The van der Waals surface area contributed by atoms with E-state index in [1.807, 2.05) is 18.2 Å². The van der Waals surface area contributed by atoms with Crippen LogP contribution in [0.5, 0.6) is 5.75 Å². The molecule has 0 saturated carbocycles. The number of nitrogens with two attached hydrogens (primary N) is 1. The van der Waals surface area contributed by atoms with E-state index in [-0.39, 0.29) is 12.1 Å². The average molecular weight is 219 g/mol. The van der Waals surface area contributed by atoms with Gasteiger partial charge in [0.2, 0.25) is 0 Å². The van der Waals surface area contributed by atoms with Crippen molar-refractivity contribution < 1.29 is 9.47 Å². The van der Waals surface area contributed by atoms with E-state index in [4.69, 9.17) is 15.2 Å². The molecule has 0 aliphatic heterocycles. The number of ether oxygens (including phenoxy) is 2. The summed E-state index contributed by atoms with van der Waals surface area (Å²) in [5.41, 5.74) is 8.38. The van der Waals surface area contributed by atoms with Gasteiger partial charge in [-0.2, -0.15) is 0 Å². The Morgan fingerprint density at radius 2 is 2.31 bits per heavy atom. The Hall–Kier alpha value is -1.32. The van der Waals surface area contributed by atoms with Crippen molar-refractivity contribution >= 4 is 0 Å².